The summed E-state index contributed by atoms with van der Waals surface area (Å²) in [5.74, 6) is 1.98. The molecule has 3 heterocycles. The fourth-order valence-electron chi connectivity index (χ4n) is 3.48. The van der Waals surface area contributed by atoms with E-state index in [1.165, 1.54) is 11.9 Å². The van der Waals surface area contributed by atoms with Gasteiger partial charge in [0.15, 0.2) is 17.5 Å². The van der Waals surface area contributed by atoms with Crippen LogP contribution < -0.4 is 14.2 Å². The first-order valence-corrected chi connectivity index (χ1v) is 11.4. The van der Waals surface area contributed by atoms with Gasteiger partial charge < -0.3 is 14.2 Å². The normalized spacial score (nSPS) is 12.7. The molecule has 2 atom stereocenters. The Morgan fingerprint density at radius 1 is 0.971 bits per heavy atom. The number of halogens is 1. The van der Waals surface area contributed by atoms with Crippen LogP contribution in [0.4, 0.5) is 10.3 Å². The third-order valence-electron chi connectivity index (χ3n) is 5.12. The van der Waals surface area contributed by atoms with Crippen molar-refractivity contribution in [1.82, 2.24) is 29.7 Å². The quantitative estimate of drug-likeness (QED) is 0.322. The first-order chi connectivity index (χ1) is 17.1. The highest BCUT2D eigenvalue weighted by Crippen LogP contribution is 2.38. The van der Waals surface area contributed by atoms with Gasteiger partial charge in [-0.15, -0.1) is 10.2 Å². The number of nitrogens with zero attached hydrogens (tertiary/aromatic N) is 6. The minimum Gasteiger partial charge on any atom is -0.494 e. The lowest BCUT2D eigenvalue weighted by Gasteiger charge is -2.22. The molecule has 3 aromatic heterocycles. The third kappa shape index (κ3) is 5.17. The maximum Gasteiger partial charge on any atom is 0.239 e. The van der Waals surface area contributed by atoms with Crippen LogP contribution in [0.3, 0.4) is 0 Å². The molecular weight excluding hydrogens is 473 g/mol. The number of hydrogen-bond donors (Lipinski definition) is 1. The van der Waals surface area contributed by atoms with Crippen LogP contribution in [0.15, 0.2) is 55.1 Å². The van der Waals surface area contributed by atoms with Crippen LogP contribution in [-0.4, -0.2) is 56.3 Å². The lowest BCUT2D eigenvalue weighted by atomic mass is 10.2. The van der Waals surface area contributed by atoms with Crippen molar-refractivity contribution in [1.29, 1.82) is 0 Å². The van der Waals surface area contributed by atoms with Crippen molar-refractivity contribution in [2.45, 2.75) is 18.3 Å². The average Bonchev–Trinajstić information content (AvgIpc) is 3.32. The van der Waals surface area contributed by atoms with Gasteiger partial charge >= 0.3 is 0 Å². The van der Waals surface area contributed by atoms with Crippen LogP contribution in [0.5, 0.6) is 11.5 Å². The van der Waals surface area contributed by atoms with Crippen LogP contribution in [-0.2, 0) is 4.74 Å². The Bertz CT molecular complexity index is 1240. The highest BCUT2D eigenvalue weighted by atomic mass is 32.2. The summed E-state index contributed by atoms with van der Waals surface area (Å²) in [4.78, 5) is 12.3. The highest BCUT2D eigenvalue weighted by Gasteiger charge is 2.26. The Morgan fingerprint density at radius 3 is 2.29 bits per heavy atom. The standard InChI is InChI=1S/C23H24FN7O3S/c1-14(20(34-4)21-26-12-16(24)13-27-21)35-30-23-29-28-22(15-7-6-10-25-11-15)31(23)19-17(32-2)8-5-9-18(19)33-3/h5-14,20H,1-4H3,(H,29,30). The van der Waals surface area contributed by atoms with E-state index in [1.54, 1.807) is 33.7 Å². The molecule has 1 aromatic carbocycles. The summed E-state index contributed by atoms with van der Waals surface area (Å²) >= 11 is 1.34. The van der Waals surface area contributed by atoms with Gasteiger partial charge in [-0.05, 0) is 43.1 Å². The first kappa shape index (κ1) is 24.4. The van der Waals surface area contributed by atoms with E-state index in [0.717, 1.165) is 18.0 Å². The predicted molar refractivity (Wildman–Crippen MR) is 130 cm³/mol. The zero-order valence-electron chi connectivity index (χ0n) is 19.5. The second kappa shape index (κ2) is 11.1. The molecule has 0 bridgehead atoms. The Balaban J connectivity index is 1.71. The molecule has 0 amide bonds. The molecule has 0 saturated heterocycles. The maximum atomic E-state index is 13.3. The molecule has 4 rings (SSSR count). The molecule has 10 nitrogen and oxygen atoms in total. The van der Waals surface area contributed by atoms with E-state index in [9.17, 15) is 4.39 Å². The third-order valence-corrected chi connectivity index (χ3v) is 6.04. The smallest absolute Gasteiger partial charge is 0.239 e. The molecule has 0 saturated carbocycles. The van der Waals surface area contributed by atoms with Crippen molar-refractivity contribution in [3.05, 3.63) is 66.8 Å². The monoisotopic (exact) mass is 497 g/mol. The number of benzene rings is 1. The van der Waals surface area contributed by atoms with Gasteiger partial charge in [-0.2, -0.15) is 0 Å². The SMILES string of the molecule is COc1cccc(OC)c1-n1c(NSC(C)C(OC)c2ncc(F)cn2)nnc1-c1cccnc1. The number of anilines is 1. The number of aromatic nitrogens is 6. The Morgan fingerprint density at radius 2 is 1.69 bits per heavy atom. The number of hydrogen-bond acceptors (Lipinski definition) is 10. The molecule has 182 valence electrons. The largest absolute Gasteiger partial charge is 0.494 e. The number of pyridine rings is 1. The Labute approximate surface area is 206 Å². The van der Waals surface area contributed by atoms with Gasteiger partial charge in [-0.3, -0.25) is 14.3 Å². The molecule has 0 fully saturated rings. The number of para-hydroxylation sites is 1. The molecule has 1 N–H and O–H groups in total. The summed E-state index contributed by atoms with van der Waals surface area (Å²) in [6, 6.07) is 9.21. The maximum absolute atomic E-state index is 13.3. The summed E-state index contributed by atoms with van der Waals surface area (Å²) < 4.78 is 35.2. The summed E-state index contributed by atoms with van der Waals surface area (Å²) in [5.41, 5.74) is 1.39. The summed E-state index contributed by atoms with van der Waals surface area (Å²) in [6.07, 6.45) is 5.12. The predicted octanol–water partition coefficient (Wildman–Crippen LogP) is 4.11. The number of nitrogens with one attached hydrogen (secondary N) is 1. The fraction of sp³-hybridized carbons (Fsp3) is 0.261. The van der Waals surface area contributed by atoms with Gasteiger partial charge in [0.1, 0.15) is 23.3 Å². The Hall–Kier alpha value is -3.77. The van der Waals surface area contributed by atoms with Gasteiger partial charge in [0.05, 0.1) is 31.9 Å². The lowest BCUT2D eigenvalue weighted by molar-refractivity contribution is 0.0970. The molecular formula is C23H24FN7O3S. The van der Waals surface area contributed by atoms with Crippen molar-refractivity contribution in [3.8, 4) is 28.6 Å². The van der Waals surface area contributed by atoms with Gasteiger partial charge in [0, 0.05) is 25.1 Å². The summed E-state index contributed by atoms with van der Waals surface area (Å²) in [7, 11) is 4.72. The first-order valence-electron chi connectivity index (χ1n) is 10.6. The van der Waals surface area contributed by atoms with E-state index < -0.39 is 11.9 Å². The van der Waals surface area contributed by atoms with Gasteiger partial charge in [-0.25, -0.2) is 14.4 Å². The lowest BCUT2D eigenvalue weighted by Crippen LogP contribution is -2.19. The highest BCUT2D eigenvalue weighted by molar-refractivity contribution is 8.01. The summed E-state index contributed by atoms with van der Waals surface area (Å²) in [6.45, 7) is 1.94. The minimum atomic E-state index is -0.510. The van der Waals surface area contributed by atoms with Crippen LogP contribution >= 0.6 is 11.9 Å². The molecule has 0 aliphatic carbocycles. The van der Waals surface area contributed by atoms with Crippen molar-refractivity contribution in [2.24, 2.45) is 0 Å². The van der Waals surface area contributed by atoms with Crippen molar-refractivity contribution in [3.63, 3.8) is 0 Å². The zero-order chi connectivity index (χ0) is 24.8. The van der Waals surface area contributed by atoms with Crippen molar-refractivity contribution in [2.75, 3.05) is 26.1 Å². The van der Waals surface area contributed by atoms with Crippen molar-refractivity contribution >= 4 is 17.9 Å². The Kier molecular flexibility index (Phi) is 7.73. The molecule has 4 aromatic rings. The molecule has 35 heavy (non-hydrogen) atoms. The zero-order valence-corrected chi connectivity index (χ0v) is 20.4. The molecule has 0 aliphatic heterocycles. The molecule has 0 spiro atoms. The number of methoxy groups -OCH3 is 3. The van der Waals surface area contributed by atoms with Gasteiger partial charge in [0.2, 0.25) is 5.95 Å². The number of rotatable bonds is 10. The second-order valence-corrected chi connectivity index (χ2v) is 8.46. The average molecular weight is 498 g/mol. The van der Waals surface area contributed by atoms with E-state index in [-0.39, 0.29) is 5.25 Å². The van der Waals surface area contributed by atoms with E-state index in [2.05, 4.69) is 29.9 Å². The van der Waals surface area contributed by atoms with Gasteiger partial charge in [-0.1, -0.05) is 6.07 Å². The van der Waals surface area contributed by atoms with Crippen LogP contribution in [0, 0.1) is 5.82 Å². The van der Waals surface area contributed by atoms with Crippen molar-refractivity contribution < 1.29 is 18.6 Å². The van der Waals surface area contributed by atoms with Crippen LogP contribution in [0.1, 0.15) is 18.9 Å². The van der Waals surface area contributed by atoms with E-state index in [1.807, 2.05) is 41.8 Å². The second-order valence-electron chi connectivity index (χ2n) is 7.28. The topological polar surface area (TPSA) is 109 Å². The molecule has 2 unspecified atom stereocenters. The minimum absolute atomic E-state index is 0.183. The fourth-order valence-corrected chi connectivity index (χ4v) is 4.26. The van der Waals surface area contributed by atoms with Crippen LogP contribution in [0.2, 0.25) is 0 Å². The van der Waals surface area contributed by atoms with Gasteiger partial charge in [0.25, 0.3) is 0 Å². The van der Waals surface area contributed by atoms with E-state index in [0.29, 0.717) is 34.8 Å². The van der Waals surface area contributed by atoms with Crippen LogP contribution in [0.25, 0.3) is 17.1 Å². The van der Waals surface area contributed by atoms with E-state index >= 15 is 0 Å². The molecule has 0 aliphatic rings. The number of ether oxygens (including phenoxy) is 3. The van der Waals surface area contributed by atoms with E-state index in [4.69, 9.17) is 14.2 Å². The summed E-state index contributed by atoms with van der Waals surface area (Å²) in [5, 5.41) is 8.61. The molecule has 12 heteroatoms. The molecule has 0 radical (unpaired) electrons.